The van der Waals surface area contributed by atoms with Gasteiger partial charge in [0.05, 0.1) is 0 Å². The Hall–Kier alpha value is -1.62. The first-order valence-electron chi connectivity index (χ1n) is 8.97. The van der Waals surface area contributed by atoms with Crippen molar-refractivity contribution in [3.05, 3.63) is 35.3 Å². The van der Waals surface area contributed by atoms with Crippen LogP contribution in [0.1, 0.15) is 50.4 Å². The Morgan fingerprint density at radius 1 is 1.29 bits per heavy atom. The van der Waals surface area contributed by atoms with Gasteiger partial charge < -0.3 is 15.0 Å². The summed E-state index contributed by atoms with van der Waals surface area (Å²) in [4.78, 5) is 17.2. The lowest BCUT2D eigenvalue weighted by molar-refractivity contribution is -0.605. The van der Waals surface area contributed by atoms with Crippen molar-refractivity contribution < 1.29 is 9.52 Å². The molecule has 1 aromatic heterocycles. The predicted octanol–water partition coefficient (Wildman–Crippen LogP) is 2.29. The summed E-state index contributed by atoms with van der Waals surface area (Å²) in [5.74, 6) is -0.00924. The van der Waals surface area contributed by atoms with Gasteiger partial charge in [-0.3, -0.25) is 4.79 Å². The van der Waals surface area contributed by atoms with E-state index in [2.05, 4.69) is 25.7 Å². The van der Waals surface area contributed by atoms with Crippen LogP contribution < -0.4 is 4.73 Å². The van der Waals surface area contributed by atoms with Crippen LogP contribution in [-0.2, 0) is 0 Å². The molecule has 5 nitrogen and oxygen atoms in total. The van der Waals surface area contributed by atoms with Crippen LogP contribution in [0.2, 0.25) is 0 Å². The Morgan fingerprint density at radius 2 is 2.08 bits per heavy atom. The molecule has 1 atom stereocenters. The topological polar surface area (TPSA) is 50.5 Å². The zero-order chi connectivity index (χ0) is 17.4. The van der Waals surface area contributed by atoms with Crippen molar-refractivity contribution in [2.24, 2.45) is 10.8 Å². The number of carbonyl (C=O) groups is 1. The normalized spacial score (nSPS) is 25.4. The molecule has 2 aliphatic rings. The SMILES string of the molecule is CC(C)(C)CN1CCCC2(CCN(C(=O)c3ccc[n+]([O-])c3)C2)C1. The highest BCUT2D eigenvalue weighted by Gasteiger charge is 2.43. The van der Waals surface area contributed by atoms with Gasteiger partial charge in [-0.25, -0.2) is 0 Å². The maximum Gasteiger partial charge on any atom is 0.259 e. The third-order valence-electron chi connectivity index (χ3n) is 5.19. The summed E-state index contributed by atoms with van der Waals surface area (Å²) in [7, 11) is 0. The molecule has 1 spiro atoms. The molecule has 24 heavy (non-hydrogen) atoms. The Bertz CT molecular complexity index is 611. The Kier molecular flexibility index (Phi) is 4.56. The largest absolute Gasteiger partial charge is 0.619 e. The van der Waals surface area contributed by atoms with Crippen LogP contribution in [0.25, 0.3) is 0 Å². The fraction of sp³-hybridized carbons (Fsp3) is 0.684. The lowest BCUT2D eigenvalue weighted by atomic mass is 9.78. The molecule has 1 unspecified atom stereocenters. The summed E-state index contributed by atoms with van der Waals surface area (Å²) in [6, 6.07) is 3.37. The molecule has 1 amide bonds. The van der Waals surface area contributed by atoms with Gasteiger partial charge in [0, 0.05) is 37.7 Å². The quantitative estimate of drug-likeness (QED) is 0.617. The van der Waals surface area contributed by atoms with Crippen molar-refractivity contribution in [3.63, 3.8) is 0 Å². The average Bonchev–Trinajstić information content (AvgIpc) is 2.88. The number of amides is 1. The molecule has 5 heteroatoms. The number of likely N-dealkylation sites (tertiary alicyclic amines) is 2. The highest BCUT2D eigenvalue weighted by molar-refractivity contribution is 5.93. The molecule has 2 saturated heterocycles. The van der Waals surface area contributed by atoms with Crippen molar-refractivity contribution in [2.45, 2.75) is 40.0 Å². The van der Waals surface area contributed by atoms with Crippen molar-refractivity contribution >= 4 is 5.91 Å². The van der Waals surface area contributed by atoms with Gasteiger partial charge in [0.2, 0.25) is 0 Å². The standard InChI is InChI=1S/C19H29N3O2/c1-18(2,3)13-20-9-5-7-19(14-20)8-11-21(15-19)17(23)16-6-4-10-22(24)12-16/h4,6,10,12H,5,7-9,11,13-15H2,1-3H3. The molecule has 0 radical (unpaired) electrons. The molecular formula is C19H29N3O2. The maximum atomic E-state index is 12.7. The zero-order valence-electron chi connectivity index (χ0n) is 15.1. The molecule has 2 fully saturated rings. The number of carbonyl (C=O) groups excluding carboxylic acids is 1. The van der Waals surface area contributed by atoms with E-state index < -0.39 is 0 Å². The molecule has 2 aliphatic heterocycles. The van der Waals surface area contributed by atoms with E-state index in [1.807, 2.05) is 4.90 Å². The van der Waals surface area contributed by atoms with E-state index in [4.69, 9.17) is 0 Å². The van der Waals surface area contributed by atoms with E-state index in [0.717, 1.165) is 32.6 Å². The van der Waals surface area contributed by atoms with Crippen molar-refractivity contribution in [2.75, 3.05) is 32.7 Å². The minimum Gasteiger partial charge on any atom is -0.619 e. The average molecular weight is 331 g/mol. The first-order chi connectivity index (χ1) is 11.3. The van der Waals surface area contributed by atoms with Gasteiger partial charge in [-0.05, 0) is 37.3 Å². The summed E-state index contributed by atoms with van der Waals surface area (Å²) in [6.07, 6.45) is 6.27. The Morgan fingerprint density at radius 3 is 2.79 bits per heavy atom. The van der Waals surface area contributed by atoms with Crippen LogP contribution in [0.5, 0.6) is 0 Å². The lowest BCUT2D eigenvalue weighted by Gasteiger charge is -2.42. The van der Waals surface area contributed by atoms with Crippen LogP contribution in [0, 0.1) is 16.0 Å². The summed E-state index contributed by atoms with van der Waals surface area (Å²) in [5, 5.41) is 11.4. The Labute approximate surface area is 144 Å². The van der Waals surface area contributed by atoms with Crippen molar-refractivity contribution in [3.8, 4) is 0 Å². The van der Waals surface area contributed by atoms with E-state index >= 15 is 0 Å². The molecule has 3 heterocycles. The fourth-order valence-corrected chi connectivity index (χ4v) is 4.32. The van der Waals surface area contributed by atoms with E-state index in [-0.39, 0.29) is 11.3 Å². The number of nitrogens with zero attached hydrogens (tertiary/aromatic N) is 3. The highest BCUT2D eigenvalue weighted by Crippen LogP contribution is 2.40. The first kappa shape index (κ1) is 17.2. The van der Waals surface area contributed by atoms with Crippen molar-refractivity contribution in [1.82, 2.24) is 9.80 Å². The van der Waals surface area contributed by atoms with Gasteiger partial charge >= 0.3 is 0 Å². The minimum atomic E-state index is -0.00924. The molecule has 132 valence electrons. The van der Waals surface area contributed by atoms with Gasteiger partial charge in [0.1, 0.15) is 5.56 Å². The summed E-state index contributed by atoms with van der Waals surface area (Å²) < 4.78 is 0.699. The summed E-state index contributed by atoms with van der Waals surface area (Å²) in [6.45, 7) is 11.8. The second kappa shape index (κ2) is 6.36. The number of hydrogen-bond acceptors (Lipinski definition) is 3. The third kappa shape index (κ3) is 3.89. The summed E-state index contributed by atoms with van der Waals surface area (Å²) >= 11 is 0. The smallest absolute Gasteiger partial charge is 0.259 e. The lowest BCUT2D eigenvalue weighted by Crippen LogP contribution is -2.47. The summed E-state index contributed by atoms with van der Waals surface area (Å²) in [5.41, 5.74) is 1.03. The van der Waals surface area contributed by atoms with Crippen LogP contribution in [-0.4, -0.2) is 48.4 Å². The number of piperidine rings is 1. The van der Waals surface area contributed by atoms with Gasteiger partial charge in [0.15, 0.2) is 12.4 Å². The van der Waals surface area contributed by atoms with E-state index in [9.17, 15) is 10.0 Å². The van der Waals surface area contributed by atoms with Crippen LogP contribution in [0.15, 0.2) is 24.5 Å². The monoisotopic (exact) mass is 331 g/mol. The molecule has 0 aliphatic carbocycles. The van der Waals surface area contributed by atoms with E-state index in [1.165, 1.54) is 31.8 Å². The molecular weight excluding hydrogens is 302 g/mol. The third-order valence-corrected chi connectivity index (χ3v) is 5.19. The number of pyridine rings is 1. The molecule has 1 aromatic rings. The maximum absolute atomic E-state index is 12.7. The van der Waals surface area contributed by atoms with Crippen molar-refractivity contribution in [1.29, 1.82) is 0 Å². The molecule has 0 N–H and O–H groups in total. The second-order valence-electron chi connectivity index (χ2n) is 8.80. The molecule has 0 aromatic carbocycles. The van der Waals surface area contributed by atoms with Gasteiger partial charge in [0.25, 0.3) is 5.91 Å². The van der Waals surface area contributed by atoms with Gasteiger partial charge in [-0.1, -0.05) is 20.8 Å². The number of aromatic nitrogens is 1. The molecule has 0 saturated carbocycles. The van der Waals surface area contributed by atoms with Gasteiger partial charge in [-0.2, -0.15) is 4.73 Å². The minimum absolute atomic E-state index is 0.00924. The molecule has 3 rings (SSSR count). The number of rotatable bonds is 2. The van der Waals surface area contributed by atoms with E-state index in [1.54, 1.807) is 12.1 Å². The first-order valence-corrected chi connectivity index (χ1v) is 8.97. The zero-order valence-corrected chi connectivity index (χ0v) is 15.1. The van der Waals surface area contributed by atoms with Crippen LogP contribution in [0.3, 0.4) is 0 Å². The van der Waals surface area contributed by atoms with Crippen LogP contribution in [0.4, 0.5) is 0 Å². The van der Waals surface area contributed by atoms with Gasteiger partial charge in [-0.15, -0.1) is 0 Å². The number of hydrogen-bond donors (Lipinski definition) is 0. The highest BCUT2D eigenvalue weighted by atomic mass is 16.5. The second-order valence-corrected chi connectivity index (χ2v) is 8.80. The predicted molar refractivity (Wildman–Crippen MR) is 93.5 cm³/mol. The molecule has 0 bridgehead atoms. The fourth-order valence-electron chi connectivity index (χ4n) is 4.32. The Balaban J connectivity index is 1.66. The van der Waals surface area contributed by atoms with E-state index in [0.29, 0.717) is 15.7 Å². The van der Waals surface area contributed by atoms with Crippen LogP contribution >= 0.6 is 0 Å².